The summed E-state index contributed by atoms with van der Waals surface area (Å²) in [6, 6.07) is 0. The summed E-state index contributed by atoms with van der Waals surface area (Å²) < 4.78 is 34.1. The Kier molecular flexibility index (Phi) is 2.98. The van der Waals surface area contributed by atoms with Crippen molar-refractivity contribution in [1.29, 1.82) is 0 Å². The van der Waals surface area contributed by atoms with Crippen molar-refractivity contribution in [2.45, 2.75) is 18.1 Å². The number of rotatable bonds is 2. The summed E-state index contributed by atoms with van der Waals surface area (Å²) in [4.78, 5) is 4.02. The van der Waals surface area contributed by atoms with Gasteiger partial charge in [0.2, 0.25) is 5.88 Å². The van der Waals surface area contributed by atoms with Gasteiger partial charge in [-0.05, 0) is 13.8 Å². The molecule has 9 heteroatoms. The van der Waals surface area contributed by atoms with Crippen LogP contribution in [0.4, 0.5) is 5.69 Å². The first-order valence-corrected chi connectivity index (χ1v) is 8.28. The van der Waals surface area contributed by atoms with Gasteiger partial charge in [-0.3, -0.25) is 4.31 Å². The van der Waals surface area contributed by atoms with Crippen LogP contribution < -0.4 is 9.04 Å². The van der Waals surface area contributed by atoms with Crippen LogP contribution in [0.3, 0.4) is 0 Å². The van der Waals surface area contributed by atoms with Crippen molar-refractivity contribution in [3.63, 3.8) is 0 Å². The molecule has 0 saturated carbocycles. The van der Waals surface area contributed by atoms with Crippen molar-refractivity contribution >= 4 is 27.0 Å². The van der Waals surface area contributed by atoms with E-state index in [9.17, 15) is 8.42 Å². The van der Waals surface area contributed by atoms with E-state index in [0.717, 1.165) is 5.01 Å². The van der Waals surface area contributed by atoms with Crippen LogP contribution in [0, 0.1) is 13.8 Å². The molecule has 0 N–H and O–H groups in total. The average Bonchev–Trinajstić information content (AvgIpc) is 2.95. The highest BCUT2D eigenvalue weighted by Crippen LogP contribution is 2.38. The van der Waals surface area contributed by atoms with Crippen molar-refractivity contribution in [3.05, 3.63) is 16.9 Å². The number of fused-ring (bicyclic) bond motifs is 1. The molecule has 20 heavy (non-hydrogen) atoms. The van der Waals surface area contributed by atoms with Gasteiger partial charge in [0.15, 0.2) is 4.21 Å². The van der Waals surface area contributed by atoms with Gasteiger partial charge in [0.1, 0.15) is 12.3 Å². The summed E-state index contributed by atoms with van der Waals surface area (Å²) >= 11 is 1.17. The van der Waals surface area contributed by atoms with Gasteiger partial charge in [-0.15, -0.1) is 11.3 Å². The first kappa shape index (κ1) is 13.4. The normalized spacial score (nSPS) is 15.1. The Morgan fingerprint density at radius 3 is 2.80 bits per heavy atom. The van der Waals surface area contributed by atoms with Crippen molar-refractivity contribution in [3.8, 4) is 5.88 Å². The molecule has 0 atom stereocenters. The zero-order chi connectivity index (χ0) is 14.5. The Hall–Kier alpha value is -1.61. The maximum Gasteiger partial charge on any atom is 0.275 e. The third-order valence-corrected chi connectivity index (χ3v) is 6.21. The Labute approximate surface area is 120 Å². The van der Waals surface area contributed by atoms with Crippen LogP contribution in [0.15, 0.2) is 10.4 Å². The van der Waals surface area contributed by atoms with Crippen molar-refractivity contribution < 1.29 is 13.2 Å². The third kappa shape index (κ3) is 1.88. The topological polar surface area (TPSA) is 77.3 Å². The van der Waals surface area contributed by atoms with Crippen LogP contribution in [-0.4, -0.2) is 36.3 Å². The van der Waals surface area contributed by atoms with Crippen molar-refractivity contribution in [2.75, 3.05) is 17.5 Å². The number of nitrogens with zero attached hydrogens (tertiary/aromatic N) is 4. The molecule has 7 nitrogen and oxygen atoms in total. The zero-order valence-corrected chi connectivity index (χ0v) is 13.0. The van der Waals surface area contributed by atoms with Crippen LogP contribution in [0.25, 0.3) is 0 Å². The molecule has 0 unspecified atom stereocenters. The number of hydrogen-bond donors (Lipinski definition) is 0. The van der Waals surface area contributed by atoms with E-state index >= 15 is 0 Å². The Morgan fingerprint density at radius 1 is 1.40 bits per heavy atom. The van der Waals surface area contributed by atoms with Gasteiger partial charge < -0.3 is 4.74 Å². The lowest BCUT2D eigenvalue weighted by molar-refractivity contribution is 0.289. The second kappa shape index (κ2) is 4.45. The molecular formula is C11H14N4O3S2. The monoisotopic (exact) mass is 314 g/mol. The molecule has 0 aliphatic carbocycles. The number of hydrogen-bond acceptors (Lipinski definition) is 6. The van der Waals surface area contributed by atoms with Gasteiger partial charge in [-0.1, -0.05) is 0 Å². The van der Waals surface area contributed by atoms with Gasteiger partial charge in [-0.25, -0.2) is 18.1 Å². The van der Waals surface area contributed by atoms with Gasteiger partial charge in [0.25, 0.3) is 10.0 Å². The fourth-order valence-corrected chi connectivity index (χ4v) is 4.95. The van der Waals surface area contributed by atoms with E-state index in [2.05, 4.69) is 10.1 Å². The number of anilines is 1. The molecule has 2 aromatic heterocycles. The lowest BCUT2D eigenvalue weighted by atomic mass is 10.3. The molecule has 3 rings (SSSR count). The highest BCUT2D eigenvalue weighted by atomic mass is 32.2. The minimum absolute atomic E-state index is 0.242. The third-order valence-electron chi connectivity index (χ3n) is 3.07. The molecule has 108 valence electrons. The number of aryl methyl sites for hydroxylation is 3. The van der Waals surface area contributed by atoms with E-state index in [1.807, 2.05) is 0 Å². The smallest absolute Gasteiger partial charge is 0.275 e. The maximum atomic E-state index is 12.7. The number of thiazole rings is 1. The Bertz CT molecular complexity index is 763. The Morgan fingerprint density at radius 2 is 2.15 bits per heavy atom. The minimum Gasteiger partial charge on any atom is -0.474 e. The number of sulfonamides is 1. The second-order valence-electron chi connectivity index (χ2n) is 4.49. The van der Waals surface area contributed by atoms with Crippen molar-refractivity contribution in [2.24, 2.45) is 7.05 Å². The predicted molar refractivity (Wildman–Crippen MR) is 74.8 cm³/mol. The first-order valence-electron chi connectivity index (χ1n) is 6.03. The van der Waals surface area contributed by atoms with E-state index in [1.165, 1.54) is 21.8 Å². The van der Waals surface area contributed by atoms with Crippen LogP contribution in [0.5, 0.6) is 5.88 Å². The fraction of sp³-hybridized carbons (Fsp3) is 0.455. The lowest BCUT2D eigenvalue weighted by Gasteiger charge is -2.27. The van der Waals surface area contributed by atoms with Crippen LogP contribution in [0.1, 0.15) is 10.7 Å². The number of ether oxygens (including phenoxy) is 1. The fourth-order valence-electron chi connectivity index (χ4n) is 2.22. The summed E-state index contributed by atoms with van der Waals surface area (Å²) in [5, 5.41) is 4.95. The van der Waals surface area contributed by atoms with Crippen LogP contribution >= 0.6 is 11.3 Å². The molecule has 1 aliphatic heterocycles. The molecule has 0 spiro atoms. The first-order chi connectivity index (χ1) is 9.41. The van der Waals surface area contributed by atoms with Gasteiger partial charge in [-0.2, -0.15) is 5.10 Å². The summed E-state index contributed by atoms with van der Waals surface area (Å²) in [5.74, 6) is 0.485. The molecule has 0 saturated heterocycles. The molecule has 2 aromatic rings. The summed E-state index contributed by atoms with van der Waals surface area (Å²) in [5.41, 5.74) is 1.15. The summed E-state index contributed by atoms with van der Waals surface area (Å²) in [6.45, 7) is 4.14. The zero-order valence-electron chi connectivity index (χ0n) is 11.3. The average molecular weight is 314 g/mol. The lowest BCUT2D eigenvalue weighted by Crippen LogP contribution is -2.37. The molecular weight excluding hydrogens is 300 g/mol. The Balaban J connectivity index is 2.13. The molecule has 0 fully saturated rings. The van der Waals surface area contributed by atoms with E-state index in [-0.39, 0.29) is 10.8 Å². The quantitative estimate of drug-likeness (QED) is 0.829. The molecule has 1 aliphatic rings. The highest BCUT2D eigenvalue weighted by molar-refractivity contribution is 7.94. The van der Waals surface area contributed by atoms with E-state index in [4.69, 9.17) is 4.74 Å². The van der Waals surface area contributed by atoms with Gasteiger partial charge in [0, 0.05) is 7.05 Å². The standard InChI is InChI=1S/C11H14N4O3S2/c1-7-10-11(14(3)13-7)18-5-4-15(10)20(16,17)9-6-12-8(2)19-9/h6H,4-5H2,1-3H3. The van der Waals surface area contributed by atoms with Gasteiger partial charge >= 0.3 is 0 Å². The van der Waals surface area contributed by atoms with E-state index in [0.29, 0.717) is 23.9 Å². The van der Waals surface area contributed by atoms with E-state index in [1.54, 1.807) is 25.6 Å². The van der Waals surface area contributed by atoms with Gasteiger partial charge in [0.05, 0.1) is 23.4 Å². The molecule has 3 heterocycles. The molecule has 0 bridgehead atoms. The van der Waals surface area contributed by atoms with Crippen molar-refractivity contribution in [1.82, 2.24) is 14.8 Å². The van der Waals surface area contributed by atoms with Crippen LogP contribution in [-0.2, 0) is 17.1 Å². The summed E-state index contributed by atoms with van der Waals surface area (Å²) in [6.07, 6.45) is 1.40. The van der Waals surface area contributed by atoms with E-state index < -0.39 is 10.0 Å². The second-order valence-corrected chi connectivity index (χ2v) is 7.81. The molecule has 0 aromatic carbocycles. The molecule has 0 amide bonds. The summed E-state index contributed by atoms with van der Waals surface area (Å²) in [7, 11) is -1.87. The maximum absolute atomic E-state index is 12.7. The SMILES string of the molecule is Cc1ncc(S(=O)(=O)N2CCOc3c2c(C)nn3C)s1. The largest absolute Gasteiger partial charge is 0.474 e. The minimum atomic E-state index is -3.61. The predicted octanol–water partition coefficient (Wildman–Crippen LogP) is 1.08. The van der Waals surface area contributed by atoms with Crippen LogP contribution in [0.2, 0.25) is 0 Å². The number of aromatic nitrogens is 3. The highest BCUT2D eigenvalue weighted by Gasteiger charge is 2.35. The molecule has 0 radical (unpaired) electrons.